The van der Waals surface area contributed by atoms with E-state index in [1.54, 1.807) is 23.9 Å². The lowest BCUT2D eigenvalue weighted by Gasteiger charge is -2.16. The first-order valence-corrected chi connectivity index (χ1v) is 6.99. The van der Waals surface area contributed by atoms with E-state index in [9.17, 15) is 10.2 Å². The zero-order valence-corrected chi connectivity index (χ0v) is 11.4. The second-order valence-electron chi connectivity index (χ2n) is 4.63. The van der Waals surface area contributed by atoms with Crippen molar-refractivity contribution in [2.75, 3.05) is 7.05 Å². The molecule has 3 nitrogen and oxygen atoms in total. The fourth-order valence-electron chi connectivity index (χ4n) is 2.42. The Bertz CT molecular complexity index is 628. The van der Waals surface area contributed by atoms with Crippen molar-refractivity contribution < 1.29 is 10.2 Å². The van der Waals surface area contributed by atoms with Gasteiger partial charge in [-0.1, -0.05) is 30.0 Å². The molecule has 0 fully saturated rings. The predicted octanol–water partition coefficient (Wildman–Crippen LogP) is 3.07. The Morgan fingerprint density at radius 1 is 1.11 bits per heavy atom. The average molecular weight is 273 g/mol. The van der Waals surface area contributed by atoms with Gasteiger partial charge in [-0.25, -0.2) is 0 Å². The number of aromatic hydroxyl groups is 2. The molecule has 2 aromatic rings. The average Bonchev–Trinajstić information content (AvgIpc) is 2.56. The molecule has 1 aliphatic heterocycles. The maximum absolute atomic E-state index is 9.66. The molecule has 4 heteroatoms. The Hall–Kier alpha value is -1.65. The minimum Gasteiger partial charge on any atom is -0.504 e. The van der Waals surface area contributed by atoms with Crippen molar-refractivity contribution in [2.45, 2.75) is 22.3 Å². The van der Waals surface area contributed by atoms with Gasteiger partial charge in [0, 0.05) is 15.8 Å². The zero-order chi connectivity index (χ0) is 13.4. The van der Waals surface area contributed by atoms with E-state index >= 15 is 0 Å². The fraction of sp³-hybridized carbons (Fsp3) is 0.200. The highest BCUT2D eigenvalue weighted by atomic mass is 32.2. The SMILES string of the molecule is CNC1Cc2cc(O)c(O)cc2Sc2ccccc21. The van der Waals surface area contributed by atoms with E-state index in [1.807, 2.05) is 19.2 Å². The Morgan fingerprint density at radius 3 is 2.63 bits per heavy atom. The second kappa shape index (κ2) is 4.79. The molecule has 3 N–H and O–H groups in total. The number of phenols is 2. The molecule has 1 heterocycles. The first-order chi connectivity index (χ1) is 9.19. The van der Waals surface area contributed by atoms with Crippen LogP contribution in [-0.4, -0.2) is 17.3 Å². The summed E-state index contributed by atoms with van der Waals surface area (Å²) in [5, 5.41) is 22.6. The number of nitrogens with one attached hydrogen (secondary N) is 1. The lowest BCUT2D eigenvalue weighted by molar-refractivity contribution is 0.401. The van der Waals surface area contributed by atoms with E-state index < -0.39 is 0 Å². The van der Waals surface area contributed by atoms with E-state index in [0.29, 0.717) is 0 Å². The van der Waals surface area contributed by atoms with Gasteiger partial charge in [-0.05, 0) is 42.8 Å². The molecular weight excluding hydrogens is 258 g/mol. The summed E-state index contributed by atoms with van der Waals surface area (Å²) in [7, 11) is 1.94. The monoisotopic (exact) mass is 273 g/mol. The number of hydrogen-bond donors (Lipinski definition) is 3. The summed E-state index contributed by atoms with van der Waals surface area (Å²) in [5.74, 6) is -0.119. The first kappa shape index (κ1) is 12.4. The molecule has 0 aromatic heterocycles. The second-order valence-corrected chi connectivity index (χ2v) is 5.72. The van der Waals surface area contributed by atoms with Crippen LogP contribution in [0.3, 0.4) is 0 Å². The number of rotatable bonds is 1. The van der Waals surface area contributed by atoms with E-state index in [0.717, 1.165) is 16.9 Å². The molecular formula is C15H15NO2S. The van der Waals surface area contributed by atoms with Crippen LogP contribution in [-0.2, 0) is 6.42 Å². The molecule has 3 rings (SSSR count). The van der Waals surface area contributed by atoms with Gasteiger partial charge in [0.1, 0.15) is 0 Å². The molecule has 1 aliphatic rings. The number of phenolic OH excluding ortho intramolecular Hbond substituents is 2. The quantitative estimate of drug-likeness (QED) is 0.699. The van der Waals surface area contributed by atoms with Gasteiger partial charge < -0.3 is 15.5 Å². The third kappa shape index (κ3) is 2.17. The molecule has 1 atom stereocenters. The normalized spacial score (nSPS) is 17.4. The van der Waals surface area contributed by atoms with Crippen LogP contribution in [0.4, 0.5) is 0 Å². The Morgan fingerprint density at radius 2 is 1.84 bits per heavy atom. The van der Waals surface area contributed by atoms with Crippen LogP contribution in [0.15, 0.2) is 46.2 Å². The summed E-state index contributed by atoms with van der Waals surface area (Å²) in [6.45, 7) is 0. The van der Waals surface area contributed by atoms with Gasteiger partial charge in [0.05, 0.1) is 0 Å². The van der Waals surface area contributed by atoms with Crippen molar-refractivity contribution in [2.24, 2.45) is 0 Å². The van der Waals surface area contributed by atoms with Crippen LogP contribution in [0.5, 0.6) is 11.5 Å². The summed E-state index contributed by atoms with van der Waals surface area (Å²) in [6.07, 6.45) is 0.795. The lowest BCUT2D eigenvalue weighted by Crippen LogP contribution is -2.18. The Kier molecular flexibility index (Phi) is 3.12. The van der Waals surface area contributed by atoms with Gasteiger partial charge in [-0.2, -0.15) is 0 Å². The Balaban J connectivity index is 2.15. The summed E-state index contributed by atoms with van der Waals surface area (Å²) in [5.41, 5.74) is 2.31. The molecule has 19 heavy (non-hydrogen) atoms. The predicted molar refractivity (Wildman–Crippen MR) is 75.8 cm³/mol. The molecule has 0 amide bonds. The van der Waals surface area contributed by atoms with Gasteiger partial charge in [0.15, 0.2) is 11.5 Å². The van der Waals surface area contributed by atoms with Crippen molar-refractivity contribution in [3.8, 4) is 11.5 Å². The highest BCUT2D eigenvalue weighted by Gasteiger charge is 2.22. The fourth-order valence-corrected chi connectivity index (χ4v) is 3.58. The molecule has 2 aromatic carbocycles. The van der Waals surface area contributed by atoms with Crippen LogP contribution >= 0.6 is 11.8 Å². The lowest BCUT2D eigenvalue weighted by atomic mass is 9.99. The maximum atomic E-state index is 9.66. The zero-order valence-electron chi connectivity index (χ0n) is 10.6. The maximum Gasteiger partial charge on any atom is 0.158 e. The van der Waals surface area contributed by atoms with Gasteiger partial charge in [0.25, 0.3) is 0 Å². The highest BCUT2D eigenvalue weighted by Crippen LogP contribution is 2.43. The van der Waals surface area contributed by atoms with Crippen molar-refractivity contribution in [3.63, 3.8) is 0 Å². The minimum atomic E-state index is -0.0633. The van der Waals surface area contributed by atoms with Crippen molar-refractivity contribution in [1.82, 2.24) is 5.32 Å². The molecule has 98 valence electrons. The van der Waals surface area contributed by atoms with E-state index in [1.165, 1.54) is 10.5 Å². The first-order valence-electron chi connectivity index (χ1n) is 6.18. The third-order valence-electron chi connectivity index (χ3n) is 3.44. The Labute approximate surface area is 116 Å². The van der Waals surface area contributed by atoms with E-state index in [-0.39, 0.29) is 17.5 Å². The molecule has 1 unspecified atom stereocenters. The summed E-state index contributed by atoms with van der Waals surface area (Å²) in [4.78, 5) is 2.19. The molecule has 0 aliphatic carbocycles. The van der Waals surface area contributed by atoms with Crippen LogP contribution in [0.2, 0.25) is 0 Å². The van der Waals surface area contributed by atoms with Crippen molar-refractivity contribution in [1.29, 1.82) is 0 Å². The van der Waals surface area contributed by atoms with Gasteiger partial charge in [-0.3, -0.25) is 0 Å². The summed E-state index contributed by atoms with van der Waals surface area (Å²) < 4.78 is 0. The minimum absolute atomic E-state index is 0.0554. The number of hydrogen-bond acceptors (Lipinski definition) is 4. The van der Waals surface area contributed by atoms with E-state index in [2.05, 4.69) is 17.4 Å². The number of fused-ring (bicyclic) bond motifs is 2. The molecule has 0 bridgehead atoms. The van der Waals surface area contributed by atoms with Crippen LogP contribution in [0, 0.1) is 0 Å². The standard InChI is InChI=1S/C15H15NO2S/c1-16-11-6-9-7-12(17)13(18)8-15(9)19-14-5-3-2-4-10(11)14/h2-5,7-8,11,16-18H,6H2,1H3. The molecule has 0 saturated carbocycles. The molecule has 0 spiro atoms. The van der Waals surface area contributed by atoms with Crippen molar-refractivity contribution in [3.05, 3.63) is 47.5 Å². The van der Waals surface area contributed by atoms with Gasteiger partial charge in [-0.15, -0.1) is 0 Å². The summed E-state index contributed by atoms with van der Waals surface area (Å²) in [6, 6.07) is 11.8. The van der Waals surface area contributed by atoms with Gasteiger partial charge in [0.2, 0.25) is 0 Å². The van der Waals surface area contributed by atoms with Crippen LogP contribution in [0.1, 0.15) is 17.2 Å². The molecule has 0 saturated heterocycles. The molecule has 0 radical (unpaired) electrons. The van der Waals surface area contributed by atoms with Crippen LogP contribution in [0.25, 0.3) is 0 Å². The van der Waals surface area contributed by atoms with Crippen LogP contribution < -0.4 is 5.32 Å². The topological polar surface area (TPSA) is 52.5 Å². The number of likely N-dealkylation sites (N-methyl/N-ethyl adjacent to an activating group) is 1. The van der Waals surface area contributed by atoms with Gasteiger partial charge >= 0.3 is 0 Å². The highest BCUT2D eigenvalue weighted by molar-refractivity contribution is 7.99. The largest absolute Gasteiger partial charge is 0.504 e. The smallest absolute Gasteiger partial charge is 0.158 e. The summed E-state index contributed by atoms with van der Waals surface area (Å²) >= 11 is 1.63. The van der Waals surface area contributed by atoms with E-state index in [4.69, 9.17) is 0 Å². The third-order valence-corrected chi connectivity index (χ3v) is 4.64. The number of benzene rings is 2. The van der Waals surface area contributed by atoms with Crippen molar-refractivity contribution >= 4 is 11.8 Å².